The Labute approximate surface area is 55.5 Å². The zero-order valence-corrected chi connectivity index (χ0v) is 5.46. The molecule has 0 aromatic rings. The smallest absolute Gasteiger partial charge is 0.222 e. The van der Waals surface area contributed by atoms with Crippen LogP contribution in [0.5, 0.6) is 0 Å². The van der Waals surface area contributed by atoms with E-state index in [0.29, 0.717) is 6.61 Å². The lowest BCUT2D eigenvalue weighted by Crippen LogP contribution is -2.11. The zero-order chi connectivity index (χ0) is 7.11. The highest BCUT2D eigenvalue weighted by molar-refractivity contribution is 4.89. The summed E-state index contributed by atoms with van der Waals surface area (Å²) in [6, 6.07) is 0. The van der Waals surface area contributed by atoms with E-state index in [9.17, 15) is 0 Å². The van der Waals surface area contributed by atoms with Gasteiger partial charge in [0.2, 0.25) is 6.29 Å². The molecule has 0 saturated heterocycles. The van der Waals surface area contributed by atoms with Gasteiger partial charge in [0, 0.05) is 7.11 Å². The third-order valence-corrected chi connectivity index (χ3v) is 0.716. The minimum Gasteiger partial charge on any atom is -0.345 e. The van der Waals surface area contributed by atoms with E-state index in [2.05, 4.69) is 12.5 Å². The molecule has 0 aromatic heterocycles. The third-order valence-electron chi connectivity index (χ3n) is 0.716. The lowest BCUT2D eigenvalue weighted by Gasteiger charge is -2.06. The zero-order valence-electron chi connectivity index (χ0n) is 5.46. The Hall–Kier alpha value is -0.780. The van der Waals surface area contributed by atoms with E-state index in [4.69, 9.17) is 15.9 Å². The molecule has 0 saturated carbocycles. The molecule has 9 heavy (non-hydrogen) atoms. The Morgan fingerprint density at radius 2 is 2.56 bits per heavy atom. The Kier molecular flexibility index (Phi) is 4.89. The first-order valence-corrected chi connectivity index (χ1v) is 2.56. The van der Waals surface area contributed by atoms with Gasteiger partial charge in [-0.3, -0.25) is 0 Å². The lowest BCUT2D eigenvalue weighted by molar-refractivity contribution is -0.0736. The largest absolute Gasteiger partial charge is 0.345 e. The van der Waals surface area contributed by atoms with Crippen LogP contribution >= 0.6 is 0 Å². The standard InChI is InChI=1S/C7H10O2/c1-4-6-9-7(5-2)8-3/h2,4,7H,1,6H2,3H3/t7-/m1/s1. The number of methoxy groups -OCH3 is 1. The minimum absolute atomic E-state index is 0.419. The Bertz CT molecular complexity index is 113. The lowest BCUT2D eigenvalue weighted by atomic mass is 10.6. The Balaban J connectivity index is 3.34. The predicted molar refractivity (Wildman–Crippen MR) is 35.8 cm³/mol. The fourth-order valence-corrected chi connectivity index (χ4v) is 0.340. The van der Waals surface area contributed by atoms with E-state index < -0.39 is 6.29 Å². The third kappa shape index (κ3) is 3.77. The molecule has 0 aromatic carbocycles. The maximum atomic E-state index is 4.99. The Morgan fingerprint density at radius 3 is 2.89 bits per heavy atom. The predicted octanol–water partition coefficient (Wildman–Crippen LogP) is 0.795. The van der Waals surface area contributed by atoms with Gasteiger partial charge in [-0.15, -0.1) is 13.0 Å². The quantitative estimate of drug-likeness (QED) is 0.315. The summed E-state index contributed by atoms with van der Waals surface area (Å²) in [5.74, 6) is 2.29. The number of hydrogen-bond acceptors (Lipinski definition) is 2. The minimum atomic E-state index is -0.539. The van der Waals surface area contributed by atoms with Crippen molar-refractivity contribution in [3.05, 3.63) is 12.7 Å². The number of hydrogen-bond donors (Lipinski definition) is 0. The van der Waals surface area contributed by atoms with E-state index in [1.165, 1.54) is 7.11 Å². The van der Waals surface area contributed by atoms with Crippen molar-refractivity contribution in [2.24, 2.45) is 0 Å². The molecule has 0 bridgehead atoms. The first-order valence-electron chi connectivity index (χ1n) is 2.56. The molecule has 2 heteroatoms. The van der Waals surface area contributed by atoms with E-state index in [1.54, 1.807) is 6.08 Å². The molecule has 0 radical (unpaired) electrons. The summed E-state index contributed by atoms with van der Waals surface area (Å²) >= 11 is 0. The van der Waals surface area contributed by atoms with Gasteiger partial charge in [-0.1, -0.05) is 6.08 Å². The first kappa shape index (κ1) is 8.22. The highest BCUT2D eigenvalue weighted by Gasteiger charge is 1.97. The van der Waals surface area contributed by atoms with Gasteiger partial charge < -0.3 is 9.47 Å². The van der Waals surface area contributed by atoms with E-state index in [-0.39, 0.29) is 0 Å². The van der Waals surface area contributed by atoms with Crippen molar-refractivity contribution < 1.29 is 9.47 Å². The van der Waals surface area contributed by atoms with Gasteiger partial charge in [-0.05, 0) is 5.92 Å². The van der Waals surface area contributed by atoms with Crippen LogP contribution in [0.2, 0.25) is 0 Å². The molecule has 0 spiro atoms. The van der Waals surface area contributed by atoms with Gasteiger partial charge in [-0.2, -0.15) is 0 Å². The van der Waals surface area contributed by atoms with Crippen molar-refractivity contribution in [3.8, 4) is 12.3 Å². The molecule has 50 valence electrons. The second-order valence-electron chi connectivity index (χ2n) is 1.36. The summed E-state index contributed by atoms with van der Waals surface area (Å²) in [7, 11) is 1.49. The topological polar surface area (TPSA) is 18.5 Å². The summed E-state index contributed by atoms with van der Waals surface area (Å²) in [6.07, 6.45) is 6.07. The van der Waals surface area contributed by atoms with Crippen LogP contribution in [-0.2, 0) is 9.47 Å². The molecule has 0 fully saturated rings. The maximum absolute atomic E-state index is 4.99. The number of rotatable bonds is 4. The van der Waals surface area contributed by atoms with Gasteiger partial charge in [0.05, 0.1) is 6.61 Å². The van der Waals surface area contributed by atoms with Gasteiger partial charge in [0.25, 0.3) is 0 Å². The molecule has 0 N–H and O–H groups in total. The van der Waals surface area contributed by atoms with Crippen molar-refractivity contribution in [3.63, 3.8) is 0 Å². The molecule has 0 amide bonds. The molecule has 1 atom stereocenters. The molecule has 0 aliphatic heterocycles. The highest BCUT2D eigenvalue weighted by Crippen LogP contribution is 1.88. The molecule has 2 nitrogen and oxygen atoms in total. The van der Waals surface area contributed by atoms with Gasteiger partial charge in [-0.25, -0.2) is 0 Å². The van der Waals surface area contributed by atoms with Crippen molar-refractivity contribution >= 4 is 0 Å². The summed E-state index contributed by atoms with van der Waals surface area (Å²) < 4.78 is 9.61. The molecule has 0 rings (SSSR count). The van der Waals surface area contributed by atoms with Crippen LogP contribution in [0.4, 0.5) is 0 Å². The van der Waals surface area contributed by atoms with Gasteiger partial charge in [0.15, 0.2) is 0 Å². The van der Waals surface area contributed by atoms with Crippen LogP contribution < -0.4 is 0 Å². The van der Waals surface area contributed by atoms with Crippen LogP contribution in [-0.4, -0.2) is 20.0 Å². The van der Waals surface area contributed by atoms with E-state index in [0.717, 1.165) is 0 Å². The Morgan fingerprint density at radius 1 is 1.89 bits per heavy atom. The van der Waals surface area contributed by atoms with Crippen molar-refractivity contribution in [1.82, 2.24) is 0 Å². The van der Waals surface area contributed by atoms with Crippen LogP contribution in [0.3, 0.4) is 0 Å². The molecule has 0 aliphatic rings. The average Bonchev–Trinajstić information content (AvgIpc) is 1.91. The maximum Gasteiger partial charge on any atom is 0.222 e. The normalized spacial score (nSPS) is 12.0. The molecular formula is C7H10O2. The monoisotopic (exact) mass is 126 g/mol. The number of terminal acetylenes is 1. The SMILES string of the molecule is C#C[C@H](OC)OCC=C. The second-order valence-corrected chi connectivity index (χ2v) is 1.36. The summed E-state index contributed by atoms with van der Waals surface area (Å²) in [5.41, 5.74) is 0. The van der Waals surface area contributed by atoms with Crippen LogP contribution in [0.1, 0.15) is 0 Å². The molecule has 0 unspecified atom stereocenters. The van der Waals surface area contributed by atoms with Crippen molar-refractivity contribution in [1.29, 1.82) is 0 Å². The summed E-state index contributed by atoms with van der Waals surface area (Å²) in [6.45, 7) is 3.87. The summed E-state index contributed by atoms with van der Waals surface area (Å²) in [4.78, 5) is 0. The van der Waals surface area contributed by atoms with E-state index >= 15 is 0 Å². The highest BCUT2D eigenvalue weighted by atomic mass is 16.7. The van der Waals surface area contributed by atoms with Gasteiger partial charge >= 0.3 is 0 Å². The van der Waals surface area contributed by atoms with Crippen molar-refractivity contribution in [2.45, 2.75) is 6.29 Å². The van der Waals surface area contributed by atoms with E-state index in [1.807, 2.05) is 0 Å². The first-order chi connectivity index (χ1) is 4.35. The number of ether oxygens (including phenoxy) is 2. The van der Waals surface area contributed by atoms with Crippen LogP contribution in [0.15, 0.2) is 12.7 Å². The average molecular weight is 126 g/mol. The fourth-order valence-electron chi connectivity index (χ4n) is 0.340. The van der Waals surface area contributed by atoms with Crippen LogP contribution in [0.25, 0.3) is 0 Å². The van der Waals surface area contributed by atoms with Crippen LogP contribution in [0, 0.1) is 12.3 Å². The molecule has 0 heterocycles. The van der Waals surface area contributed by atoms with Crippen molar-refractivity contribution in [2.75, 3.05) is 13.7 Å². The second kappa shape index (κ2) is 5.36. The molecule has 0 aliphatic carbocycles. The fraction of sp³-hybridized carbons (Fsp3) is 0.429. The van der Waals surface area contributed by atoms with Gasteiger partial charge in [0.1, 0.15) is 0 Å². The molecular weight excluding hydrogens is 116 g/mol. The summed E-state index contributed by atoms with van der Waals surface area (Å²) in [5, 5.41) is 0.